The van der Waals surface area contributed by atoms with Crippen LogP contribution in [0.3, 0.4) is 0 Å². The van der Waals surface area contributed by atoms with Crippen LogP contribution in [0, 0.1) is 0 Å². The van der Waals surface area contributed by atoms with Crippen LogP contribution >= 0.6 is 0 Å². The number of benzene rings is 1. The minimum atomic E-state index is -1.03. The molecule has 0 saturated heterocycles. The van der Waals surface area contributed by atoms with Gasteiger partial charge in [0.1, 0.15) is 6.54 Å². The van der Waals surface area contributed by atoms with Gasteiger partial charge in [0.15, 0.2) is 0 Å². The Balaban J connectivity index is 2.43. The lowest BCUT2D eigenvalue weighted by atomic mass is 9.98. The van der Waals surface area contributed by atoms with Crippen molar-refractivity contribution < 1.29 is 14.7 Å². The van der Waals surface area contributed by atoms with E-state index >= 15 is 0 Å². The van der Waals surface area contributed by atoms with E-state index in [0.717, 1.165) is 5.56 Å². The molecule has 1 amide bonds. The first-order valence-corrected chi connectivity index (χ1v) is 5.13. The molecule has 4 heteroatoms. The number of rotatable bonds is 5. The predicted molar refractivity (Wildman–Crippen MR) is 60.1 cm³/mol. The SMILES string of the molecule is CC(CC(=O)NCC(=O)O)c1ccccc1. The molecule has 0 aromatic heterocycles. The van der Waals surface area contributed by atoms with Crippen LogP contribution in [0.4, 0.5) is 0 Å². The molecule has 0 bridgehead atoms. The van der Waals surface area contributed by atoms with Crippen LogP contribution in [0.25, 0.3) is 0 Å². The largest absolute Gasteiger partial charge is 0.480 e. The Morgan fingerprint density at radius 3 is 2.50 bits per heavy atom. The van der Waals surface area contributed by atoms with Gasteiger partial charge in [-0.15, -0.1) is 0 Å². The molecule has 1 aromatic carbocycles. The summed E-state index contributed by atoms with van der Waals surface area (Å²) in [4.78, 5) is 21.6. The van der Waals surface area contributed by atoms with Crippen LogP contribution < -0.4 is 5.32 Å². The van der Waals surface area contributed by atoms with E-state index in [0.29, 0.717) is 6.42 Å². The summed E-state index contributed by atoms with van der Waals surface area (Å²) in [5.41, 5.74) is 1.08. The van der Waals surface area contributed by atoms with E-state index < -0.39 is 5.97 Å². The lowest BCUT2D eigenvalue weighted by Crippen LogP contribution is -2.29. The van der Waals surface area contributed by atoms with Crippen molar-refractivity contribution in [1.82, 2.24) is 5.32 Å². The highest BCUT2D eigenvalue weighted by atomic mass is 16.4. The third-order valence-corrected chi connectivity index (χ3v) is 2.30. The molecule has 1 unspecified atom stereocenters. The summed E-state index contributed by atoms with van der Waals surface area (Å²) in [5, 5.41) is 10.7. The summed E-state index contributed by atoms with van der Waals surface area (Å²) in [6, 6.07) is 9.66. The zero-order valence-corrected chi connectivity index (χ0v) is 9.14. The van der Waals surface area contributed by atoms with E-state index in [2.05, 4.69) is 5.32 Å². The summed E-state index contributed by atoms with van der Waals surface area (Å²) in [7, 11) is 0. The summed E-state index contributed by atoms with van der Waals surface area (Å²) in [5.74, 6) is -1.17. The average Bonchev–Trinajstić information content (AvgIpc) is 2.27. The number of carbonyl (C=O) groups excluding carboxylic acids is 1. The molecule has 0 fully saturated rings. The van der Waals surface area contributed by atoms with Gasteiger partial charge in [-0.25, -0.2) is 0 Å². The maximum Gasteiger partial charge on any atom is 0.322 e. The fourth-order valence-electron chi connectivity index (χ4n) is 1.42. The number of aliphatic carboxylic acids is 1. The van der Waals surface area contributed by atoms with Crippen molar-refractivity contribution in [2.24, 2.45) is 0 Å². The molecular weight excluding hydrogens is 206 g/mol. The van der Waals surface area contributed by atoms with Gasteiger partial charge in [-0.2, -0.15) is 0 Å². The van der Waals surface area contributed by atoms with E-state index in [4.69, 9.17) is 5.11 Å². The van der Waals surface area contributed by atoms with Crippen molar-refractivity contribution in [2.75, 3.05) is 6.54 Å². The molecule has 0 aliphatic rings. The van der Waals surface area contributed by atoms with Gasteiger partial charge in [0.25, 0.3) is 0 Å². The number of hydrogen-bond acceptors (Lipinski definition) is 2. The van der Waals surface area contributed by atoms with Crippen LogP contribution in [0.15, 0.2) is 30.3 Å². The maximum atomic E-state index is 11.4. The summed E-state index contributed by atoms with van der Waals surface area (Å²) < 4.78 is 0. The molecule has 1 rings (SSSR count). The number of carboxylic acid groups (broad SMARTS) is 1. The van der Waals surface area contributed by atoms with Gasteiger partial charge in [0.05, 0.1) is 0 Å². The Kier molecular flexibility index (Phi) is 4.51. The predicted octanol–water partition coefficient (Wildman–Crippen LogP) is 1.38. The van der Waals surface area contributed by atoms with E-state index in [9.17, 15) is 9.59 Å². The first-order chi connectivity index (χ1) is 7.59. The number of carboxylic acids is 1. The fraction of sp³-hybridized carbons (Fsp3) is 0.333. The molecule has 1 atom stereocenters. The van der Waals surface area contributed by atoms with Crippen molar-refractivity contribution >= 4 is 11.9 Å². The van der Waals surface area contributed by atoms with E-state index in [1.807, 2.05) is 37.3 Å². The number of amides is 1. The molecule has 86 valence electrons. The molecule has 0 spiro atoms. The monoisotopic (exact) mass is 221 g/mol. The van der Waals surface area contributed by atoms with Crippen LogP contribution in [0.2, 0.25) is 0 Å². The van der Waals surface area contributed by atoms with Crippen molar-refractivity contribution in [3.8, 4) is 0 Å². The van der Waals surface area contributed by atoms with Gasteiger partial charge in [-0.1, -0.05) is 37.3 Å². The second-order valence-electron chi connectivity index (χ2n) is 3.69. The summed E-state index contributed by atoms with van der Waals surface area (Å²) in [6.45, 7) is 1.62. The van der Waals surface area contributed by atoms with E-state index in [1.54, 1.807) is 0 Å². The van der Waals surface area contributed by atoms with Gasteiger partial charge < -0.3 is 10.4 Å². The summed E-state index contributed by atoms with van der Waals surface area (Å²) in [6.07, 6.45) is 0.303. The number of carbonyl (C=O) groups is 2. The van der Waals surface area contributed by atoms with Crippen LogP contribution in [0.1, 0.15) is 24.8 Å². The zero-order chi connectivity index (χ0) is 12.0. The fourth-order valence-corrected chi connectivity index (χ4v) is 1.42. The van der Waals surface area contributed by atoms with Crippen molar-refractivity contribution in [2.45, 2.75) is 19.3 Å². The Morgan fingerprint density at radius 1 is 1.31 bits per heavy atom. The second-order valence-corrected chi connectivity index (χ2v) is 3.69. The Morgan fingerprint density at radius 2 is 1.94 bits per heavy atom. The smallest absolute Gasteiger partial charge is 0.322 e. The Hall–Kier alpha value is -1.84. The van der Waals surface area contributed by atoms with Crippen molar-refractivity contribution in [3.05, 3.63) is 35.9 Å². The molecule has 16 heavy (non-hydrogen) atoms. The molecule has 0 aliphatic heterocycles. The topological polar surface area (TPSA) is 66.4 Å². The molecule has 4 nitrogen and oxygen atoms in total. The van der Waals surface area contributed by atoms with Gasteiger partial charge in [-0.05, 0) is 11.5 Å². The minimum absolute atomic E-state index is 0.0926. The average molecular weight is 221 g/mol. The van der Waals surface area contributed by atoms with Gasteiger partial charge in [-0.3, -0.25) is 9.59 Å². The number of hydrogen-bond donors (Lipinski definition) is 2. The standard InChI is InChI=1S/C12H15NO3/c1-9(10-5-3-2-4-6-10)7-11(14)13-8-12(15)16/h2-6,9H,7-8H2,1H3,(H,13,14)(H,15,16). The molecule has 2 N–H and O–H groups in total. The van der Waals surface area contributed by atoms with Crippen molar-refractivity contribution in [1.29, 1.82) is 0 Å². The van der Waals surface area contributed by atoms with E-state index in [-0.39, 0.29) is 18.4 Å². The normalized spacial score (nSPS) is 11.8. The zero-order valence-electron chi connectivity index (χ0n) is 9.14. The molecule has 0 saturated carbocycles. The lowest BCUT2D eigenvalue weighted by Gasteiger charge is -2.10. The first kappa shape index (κ1) is 12.2. The van der Waals surface area contributed by atoms with E-state index in [1.165, 1.54) is 0 Å². The van der Waals surface area contributed by atoms with Crippen LogP contribution in [-0.4, -0.2) is 23.5 Å². The lowest BCUT2D eigenvalue weighted by molar-refractivity contribution is -0.138. The second kappa shape index (κ2) is 5.90. The third-order valence-electron chi connectivity index (χ3n) is 2.30. The van der Waals surface area contributed by atoms with Crippen LogP contribution in [-0.2, 0) is 9.59 Å². The molecule has 1 aromatic rings. The van der Waals surface area contributed by atoms with Gasteiger partial charge in [0.2, 0.25) is 5.91 Å². The molecular formula is C12H15NO3. The van der Waals surface area contributed by atoms with Crippen molar-refractivity contribution in [3.63, 3.8) is 0 Å². The quantitative estimate of drug-likeness (QED) is 0.789. The maximum absolute atomic E-state index is 11.4. The Labute approximate surface area is 94.3 Å². The van der Waals surface area contributed by atoms with Crippen LogP contribution in [0.5, 0.6) is 0 Å². The Bertz CT molecular complexity index is 362. The highest BCUT2D eigenvalue weighted by Gasteiger charge is 2.11. The third kappa shape index (κ3) is 4.13. The number of nitrogens with one attached hydrogen (secondary N) is 1. The molecule has 0 radical (unpaired) electrons. The molecule has 0 heterocycles. The minimum Gasteiger partial charge on any atom is -0.480 e. The highest BCUT2D eigenvalue weighted by molar-refractivity contribution is 5.81. The first-order valence-electron chi connectivity index (χ1n) is 5.13. The highest BCUT2D eigenvalue weighted by Crippen LogP contribution is 2.17. The van der Waals surface area contributed by atoms with Gasteiger partial charge in [0, 0.05) is 6.42 Å². The summed E-state index contributed by atoms with van der Waals surface area (Å²) >= 11 is 0. The molecule has 0 aliphatic carbocycles. The van der Waals surface area contributed by atoms with Gasteiger partial charge >= 0.3 is 5.97 Å².